The number of benzene rings is 2. The van der Waals surface area contributed by atoms with Crippen LogP contribution in [0.5, 0.6) is 23.0 Å². The van der Waals surface area contributed by atoms with Crippen LogP contribution in [0.15, 0.2) is 36.4 Å². The number of urea groups is 1. The third-order valence-corrected chi connectivity index (χ3v) is 4.74. The number of hydrogen-bond acceptors (Lipinski definition) is 8. The molecule has 182 valence electrons. The van der Waals surface area contributed by atoms with Gasteiger partial charge >= 0.3 is 12.0 Å². The van der Waals surface area contributed by atoms with Crippen molar-refractivity contribution < 1.29 is 38.1 Å². The Bertz CT molecular complexity index is 1060. The maximum Gasteiger partial charge on any atom is 0.338 e. The molecule has 0 aliphatic carbocycles. The number of para-hydroxylation sites is 2. The van der Waals surface area contributed by atoms with Gasteiger partial charge in [0.05, 0.1) is 30.3 Å². The monoisotopic (exact) mass is 492 g/mol. The van der Waals surface area contributed by atoms with Crippen molar-refractivity contribution in [1.82, 2.24) is 10.6 Å². The Morgan fingerprint density at radius 1 is 1.18 bits per heavy atom. The topological polar surface area (TPSA) is 121 Å². The SMILES string of the molecule is COc1cc(C(=O)OCC(=O)NC(=O)NCC2COc3ccccc3O2)cc(Cl)c1OC(C)C. The molecular formula is C23H25ClN2O8. The lowest BCUT2D eigenvalue weighted by atomic mass is 10.2. The fourth-order valence-electron chi connectivity index (χ4n) is 2.98. The third kappa shape index (κ3) is 6.67. The molecule has 0 fully saturated rings. The van der Waals surface area contributed by atoms with Gasteiger partial charge in [-0.1, -0.05) is 23.7 Å². The lowest BCUT2D eigenvalue weighted by molar-refractivity contribution is -0.123. The second-order valence-corrected chi connectivity index (χ2v) is 7.90. The zero-order valence-electron chi connectivity index (χ0n) is 18.9. The molecule has 3 rings (SSSR count). The standard InChI is InChI=1S/C23H25ClN2O8/c1-13(2)33-21-16(24)8-14(9-19(21)30-3)22(28)32-12-20(27)26-23(29)25-10-15-11-31-17-6-4-5-7-18(17)34-15/h4-9,13,15H,10-12H2,1-3H3,(H2,25,26,27,29). The van der Waals surface area contributed by atoms with Crippen LogP contribution < -0.4 is 29.6 Å². The van der Waals surface area contributed by atoms with E-state index >= 15 is 0 Å². The molecule has 11 heteroatoms. The van der Waals surface area contributed by atoms with Crippen molar-refractivity contribution >= 4 is 29.5 Å². The second kappa shape index (κ2) is 11.5. The van der Waals surface area contributed by atoms with Crippen molar-refractivity contribution in [2.75, 3.05) is 26.9 Å². The number of imide groups is 1. The number of halogens is 1. The highest BCUT2D eigenvalue weighted by atomic mass is 35.5. The van der Waals surface area contributed by atoms with E-state index < -0.39 is 30.6 Å². The van der Waals surface area contributed by atoms with E-state index in [2.05, 4.69) is 10.6 Å². The lowest BCUT2D eigenvalue weighted by Crippen LogP contribution is -2.46. The van der Waals surface area contributed by atoms with E-state index in [4.69, 9.17) is 35.3 Å². The molecule has 0 saturated carbocycles. The molecule has 2 aromatic rings. The van der Waals surface area contributed by atoms with Crippen LogP contribution in [0.1, 0.15) is 24.2 Å². The van der Waals surface area contributed by atoms with E-state index in [-0.39, 0.29) is 35.6 Å². The van der Waals surface area contributed by atoms with Gasteiger partial charge in [0.15, 0.2) is 35.7 Å². The number of amides is 3. The molecule has 0 bridgehead atoms. The van der Waals surface area contributed by atoms with Gasteiger partial charge in [0, 0.05) is 0 Å². The molecule has 1 heterocycles. The summed E-state index contributed by atoms with van der Waals surface area (Å²) in [7, 11) is 1.41. The number of rotatable bonds is 8. The fraction of sp³-hybridized carbons (Fsp3) is 0.348. The zero-order chi connectivity index (χ0) is 24.7. The zero-order valence-corrected chi connectivity index (χ0v) is 19.6. The van der Waals surface area contributed by atoms with Crippen molar-refractivity contribution in [3.05, 3.63) is 47.0 Å². The Morgan fingerprint density at radius 3 is 2.62 bits per heavy atom. The molecule has 34 heavy (non-hydrogen) atoms. The minimum absolute atomic E-state index is 0.0601. The number of carbonyl (C=O) groups excluding carboxylic acids is 3. The van der Waals surface area contributed by atoms with Crippen LogP contribution in [0.4, 0.5) is 4.79 Å². The first-order valence-corrected chi connectivity index (χ1v) is 10.8. The van der Waals surface area contributed by atoms with Crippen LogP contribution in [0, 0.1) is 0 Å². The minimum atomic E-state index is -0.821. The largest absolute Gasteiger partial charge is 0.493 e. The summed E-state index contributed by atoms with van der Waals surface area (Å²) >= 11 is 6.20. The number of nitrogens with one attached hydrogen (secondary N) is 2. The van der Waals surface area contributed by atoms with Gasteiger partial charge < -0.3 is 29.0 Å². The van der Waals surface area contributed by atoms with Gasteiger partial charge in [-0.15, -0.1) is 0 Å². The van der Waals surface area contributed by atoms with Gasteiger partial charge in [0.1, 0.15) is 6.61 Å². The van der Waals surface area contributed by atoms with Crippen LogP contribution in [0.3, 0.4) is 0 Å². The molecule has 3 amide bonds. The van der Waals surface area contributed by atoms with E-state index in [1.165, 1.54) is 19.2 Å². The normalized spacial score (nSPS) is 14.2. The van der Waals surface area contributed by atoms with Crippen molar-refractivity contribution in [2.45, 2.75) is 26.1 Å². The predicted molar refractivity (Wildman–Crippen MR) is 122 cm³/mol. The van der Waals surface area contributed by atoms with Crippen molar-refractivity contribution in [3.63, 3.8) is 0 Å². The second-order valence-electron chi connectivity index (χ2n) is 7.49. The molecule has 2 N–H and O–H groups in total. The average molecular weight is 493 g/mol. The summed E-state index contributed by atoms with van der Waals surface area (Å²) in [6.45, 7) is 3.32. The minimum Gasteiger partial charge on any atom is -0.493 e. The lowest BCUT2D eigenvalue weighted by Gasteiger charge is -2.26. The number of fused-ring (bicyclic) bond motifs is 1. The summed E-state index contributed by atoms with van der Waals surface area (Å²) in [6.07, 6.45) is -0.581. The Balaban J connectivity index is 1.45. The highest BCUT2D eigenvalue weighted by Crippen LogP contribution is 2.37. The summed E-state index contributed by atoms with van der Waals surface area (Å²) in [5.74, 6) is 0.105. The van der Waals surface area contributed by atoms with Gasteiger partial charge in [0.25, 0.3) is 5.91 Å². The van der Waals surface area contributed by atoms with Crippen molar-refractivity contribution in [1.29, 1.82) is 0 Å². The van der Waals surface area contributed by atoms with Crippen molar-refractivity contribution in [3.8, 4) is 23.0 Å². The summed E-state index contributed by atoms with van der Waals surface area (Å²) in [6, 6.07) is 9.15. The van der Waals surface area contributed by atoms with E-state index in [1.54, 1.807) is 12.1 Å². The Hall–Kier alpha value is -3.66. The summed E-state index contributed by atoms with van der Waals surface area (Å²) in [4.78, 5) is 36.3. The summed E-state index contributed by atoms with van der Waals surface area (Å²) in [5, 5.41) is 4.74. The van der Waals surface area contributed by atoms with Crippen LogP contribution >= 0.6 is 11.6 Å². The molecule has 0 spiro atoms. The number of methoxy groups -OCH3 is 1. The van der Waals surface area contributed by atoms with Gasteiger partial charge in [-0.3, -0.25) is 10.1 Å². The van der Waals surface area contributed by atoms with Gasteiger partial charge in [-0.25, -0.2) is 9.59 Å². The molecule has 0 saturated heterocycles. The fourth-order valence-corrected chi connectivity index (χ4v) is 3.23. The number of carbonyl (C=O) groups is 3. The Morgan fingerprint density at radius 2 is 1.91 bits per heavy atom. The van der Waals surface area contributed by atoms with Gasteiger partial charge in [0.2, 0.25) is 0 Å². The van der Waals surface area contributed by atoms with Crippen LogP contribution in [-0.2, 0) is 9.53 Å². The molecule has 1 aliphatic rings. The van der Waals surface area contributed by atoms with Crippen LogP contribution in [0.25, 0.3) is 0 Å². The smallest absolute Gasteiger partial charge is 0.338 e. The highest BCUT2D eigenvalue weighted by Gasteiger charge is 2.22. The van der Waals surface area contributed by atoms with Gasteiger partial charge in [-0.05, 0) is 38.1 Å². The quantitative estimate of drug-likeness (QED) is 0.539. The third-order valence-electron chi connectivity index (χ3n) is 4.46. The molecule has 1 atom stereocenters. The number of ether oxygens (including phenoxy) is 5. The molecule has 1 aliphatic heterocycles. The van der Waals surface area contributed by atoms with E-state index in [9.17, 15) is 14.4 Å². The highest BCUT2D eigenvalue weighted by molar-refractivity contribution is 6.32. The van der Waals surface area contributed by atoms with E-state index in [0.717, 1.165) is 0 Å². The Labute approximate surface area is 201 Å². The summed E-state index contributed by atoms with van der Waals surface area (Å²) < 4.78 is 27.1. The first-order valence-electron chi connectivity index (χ1n) is 10.4. The molecule has 2 aromatic carbocycles. The first kappa shape index (κ1) is 25.0. The van der Waals surface area contributed by atoms with E-state index in [1.807, 2.05) is 26.0 Å². The Kier molecular flexibility index (Phi) is 8.42. The van der Waals surface area contributed by atoms with E-state index in [0.29, 0.717) is 17.2 Å². The van der Waals surface area contributed by atoms with Crippen molar-refractivity contribution in [2.24, 2.45) is 0 Å². The maximum absolute atomic E-state index is 12.3. The molecule has 1 unspecified atom stereocenters. The van der Waals surface area contributed by atoms with Crippen LogP contribution in [-0.4, -0.2) is 57.0 Å². The number of esters is 1. The molecular weight excluding hydrogens is 468 g/mol. The predicted octanol–water partition coefficient (Wildman–Crippen LogP) is 2.96. The molecule has 10 nitrogen and oxygen atoms in total. The maximum atomic E-state index is 12.3. The summed E-state index contributed by atoms with van der Waals surface area (Å²) in [5.41, 5.74) is 0.0601. The van der Waals surface area contributed by atoms with Gasteiger partial charge in [-0.2, -0.15) is 0 Å². The number of hydrogen-bond donors (Lipinski definition) is 2. The average Bonchev–Trinajstić information content (AvgIpc) is 2.81. The molecule has 0 radical (unpaired) electrons. The first-order chi connectivity index (χ1) is 16.3. The van der Waals surface area contributed by atoms with Crippen LogP contribution in [0.2, 0.25) is 5.02 Å². The molecule has 0 aromatic heterocycles.